The number of rotatable bonds is 3. The van der Waals surface area contributed by atoms with Crippen LogP contribution in [0.25, 0.3) is 0 Å². The second-order valence-corrected chi connectivity index (χ2v) is 5.49. The summed E-state index contributed by atoms with van der Waals surface area (Å²) >= 11 is 0. The highest BCUT2D eigenvalue weighted by Crippen LogP contribution is 2.29. The van der Waals surface area contributed by atoms with Gasteiger partial charge in [0.2, 0.25) is 5.91 Å². The molecule has 1 N–H and O–H groups in total. The molecule has 96 valence electrons. The minimum absolute atomic E-state index is 0.0514. The van der Waals surface area contributed by atoms with Crippen LogP contribution in [0.1, 0.15) is 49.5 Å². The van der Waals surface area contributed by atoms with Gasteiger partial charge in [0.25, 0.3) is 0 Å². The highest BCUT2D eigenvalue weighted by Gasteiger charge is 2.27. The molecular weight excluding hydrogens is 226 g/mol. The molecule has 0 saturated carbocycles. The number of fused-ring (bicyclic) bond motifs is 1. The molecule has 1 aromatic carbocycles. The maximum atomic E-state index is 12.4. The van der Waals surface area contributed by atoms with Gasteiger partial charge in [-0.1, -0.05) is 20.8 Å². The zero-order chi connectivity index (χ0) is 13.3. The van der Waals surface area contributed by atoms with Crippen LogP contribution in [0.4, 0.5) is 5.69 Å². The third-order valence-electron chi connectivity index (χ3n) is 3.76. The number of benzene rings is 1. The van der Waals surface area contributed by atoms with Crippen molar-refractivity contribution in [2.24, 2.45) is 5.41 Å². The molecule has 0 aromatic heterocycles. The normalized spacial score (nSPS) is 14.9. The van der Waals surface area contributed by atoms with Crippen molar-refractivity contribution in [1.82, 2.24) is 0 Å². The Morgan fingerprint density at radius 2 is 2.06 bits per heavy atom. The Kier molecular flexibility index (Phi) is 3.24. The predicted octanol–water partition coefficient (Wildman–Crippen LogP) is 3.19. The van der Waals surface area contributed by atoms with Gasteiger partial charge in [-0.15, -0.1) is 0 Å². The maximum absolute atomic E-state index is 12.4. The van der Waals surface area contributed by atoms with Crippen molar-refractivity contribution in [3.05, 3.63) is 29.3 Å². The summed E-state index contributed by atoms with van der Waals surface area (Å²) in [5.41, 5.74) is 2.33. The SMILES string of the molecule is CCC(C)(C)C(=O)c1ccc2c(c1)CCC(=O)N2. The Bertz CT molecular complexity index is 503. The number of carbonyl (C=O) groups excluding carboxylic acids is 2. The quantitative estimate of drug-likeness (QED) is 0.831. The van der Waals surface area contributed by atoms with Gasteiger partial charge >= 0.3 is 0 Å². The van der Waals surface area contributed by atoms with Gasteiger partial charge in [-0.25, -0.2) is 0 Å². The molecule has 0 spiro atoms. The minimum atomic E-state index is -0.327. The predicted molar refractivity (Wildman–Crippen MR) is 71.8 cm³/mol. The number of hydrogen-bond acceptors (Lipinski definition) is 2. The van der Waals surface area contributed by atoms with Crippen LogP contribution in [-0.2, 0) is 11.2 Å². The Morgan fingerprint density at radius 3 is 2.72 bits per heavy atom. The van der Waals surface area contributed by atoms with Crippen LogP contribution in [0.2, 0.25) is 0 Å². The van der Waals surface area contributed by atoms with E-state index in [1.165, 1.54) is 0 Å². The van der Waals surface area contributed by atoms with Gasteiger partial charge < -0.3 is 5.32 Å². The second-order valence-electron chi connectivity index (χ2n) is 5.49. The summed E-state index contributed by atoms with van der Waals surface area (Å²) in [5.74, 6) is 0.222. The van der Waals surface area contributed by atoms with Crippen LogP contribution in [0.5, 0.6) is 0 Å². The van der Waals surface area contributed by atoms with Crippen LogP contribution >= 0.6 is 0 Å². The molecule has 1 aromatic rings. The van der Waals surface area contributed by atoms with Gasteiger partial charge in [-0.2, -0.15) is 0 Å². The van der Waals surface area contributed by atoms with Crippen LogP contribution in [0, 0.1) is 5.41 Å². The Morgan fingerprint density at radius 1 is 1.33 bits per heavy atom. The van der Waals surface area contributed by atoms with E-state index in [2.05, 4.69) is 5.32 Å². The molecule has 2 rings (SSSR count). The first-order valence-corrected chi connectivity index (χ1v) is 6.41. The minimum Gasteiger partial charge on any atom is -0.326 e. The first-order chi connectivity index (χ1) is 8.44. The van der Waals surface area contributed by atoms with E-state index in [0.29, 0.717) is 6.42 Å². The molecule has 0 fully saturated rings. The van der Waals surface area contributed by atoms with E-state index in [1.54, 1.807) is 0 Å². The lowest BCUT2D eigenvalue weighted by Gasteiger charge is -2.23. The summed E-state index contributed by atoms with van der Waals surface area (Å²) < 4.78 is 0. The fourth-order valence-electron chi connectivity index (χ4n) is 2.08. The van der Waals surface area contributed by atoms with Crippen LogP contribution in [0.3, 0.4) is 0 Å². The molecule has 0 unspecified atom stereocenters. The highest BCUT2D eigenvalue weighted by molar-refractivity contribution is 6.01. The van der Waals surface area contributed by atoms with Crippen LogP contribution < -0.4 is 5.32 Å². The fraction of sp³-hybridized carbons (Fsp3) is 0.467. The topological polar surface area (TPSA) is 46.2 Å². The molecule has 1 aliphatic heterocycles. The summed E-state index contributed by atoms with van der Waals surface area (Å²) in [6, 6.07) is 5.57. The van der Waals surface area contributed by atoms with Crippen molar-refractivity contribution in [2.75, 3.05) is 5.32 Å². The molecule has 3 nitrogen and oxygen atoms in total. The first kappa shape index (κ1) is 12.8. The number of ketones is 1. The van der Waals surface area contributed by atoms with Crippen molar-refractivity contribution in [3.8, 4) is 0 Å². The van der Waals surface area contributed by atoms with E-state index >= 15 is 0 Å². The Hall–Kier alpha value is -1.64. The van der Waals surface area contributed by atoms with Gasteiger partial charge in [0, 0.05) is 23.1 Å². The summed E-state index contributed by atoms with van der Waals surface area (Å²) in [6.45, 7) is 5.96. The summed E-state index contributed by atoms with van der Waals surface area (Å²) in [4.78, 5) is 23.6. The number of carbonyl (C=O) groups is 2. The number of amides is 1. The lowest BCUT2D eigenvalue weighted by molar-refractivity contribution is -0.116. The van der Waals surface area contributed by atoms with E-state index in [1.807, 2.05) is 39.0 Å². The van der Waals surface area contributed by atoms with Crippen molar-refractivity contribution in [3.63, 3.8) is 0 Å². The van der Waals surface area contributed by atoms with Gasteiger partial charge in [0.05, 0.1) is 0 Å². The van der Waals surface area contributed by atoms with Gasteiger partial charge in [-0.3, -0.25) is 9.59 Å². The van der Waals surface area contributed by atoms with E-state index in [4.69, 9.17) is 0 Å². The lowest BCUT2D eigenvalue weighted by Crippen LogP contribution is -2.24. The summed E-state index contributed by atoms with van der Waals surface area (Å²) in [5, 5.41) is 2.83. The maximum Gasteiger partial charge on any atom is 0.224 e. The number of hydrogen-bond donors (Lipinski definition) is 1. The molecule has 0 radical (unpaired) electrons. The molecule has 1 amide bonds. The fourth-order valence-corrected chi connectivity index (χ4v) is 2.08. The van der Waals surface area contributed by atoms with Gasteiger partial charge in [0.1, 0.15) is 0 Å². The lowest BCUT2D eigenvalue weighted by atomic mass is 9.81. The molecule has 0 atom stereocenters. The average Bonchev–Trinajstić information content (AvgIpc) is 2.37. The number of Topliss-reactive ketones (excluding diaryl/α,β-unsaturated/α-hetero) is 1. The third kappa shape index (κ3) is 2.30. The van der Waals surface area contributed by atoms with Gasteiger partial charge in [0.15, 0.2) is 5.78 Å². The molecule has 1 aliphatic rings. The number of nitrogens with one attached hydrogen (secondary N) is 1. The standard InChI is InChI=1S/C15H19NO2/c1-4-15(2,3)14(18)11-5-7-12-10(9-11)6-8-13(17)16-12/h5,7,9H,4,6,8H2,1-3H3,(H,16,17). The number of anilines is 1. The van der Waals surface area contributed by atoms with E-state index in [-0.39, 0.29) is 17.1 Å². The van der Waals surface area contributed by atoms with Crippen molar-refractivity contribution < 1.29 is 9.59 Å². The molecule has 1 heterocycles. The van der Waals surface area contributed by atoms with Crippen molar-refractivity contribution in [2.45, 2.75) is 40.0 Å². The third-order valence-corrected chi connectivity index (χ3v) is 3.76. The van der Waals surface area contributed by atoms with Crippen molar-refractivity contribution >= 4 is 17.4 Å². The zero-order valence-electron chi connectivity index (χ0n) is 11.2. The summed E-state index contributed by atoms with van der Waals surface area (Å²) in [6.07, 6.45) is 2.04. The van der Waals surface area contributed by atoms with Gasteiger partial charge in [-0.05, 0) is 36.6 Å². The zero-order valence-corrected chi connectivity index (χ0v) is 11.2. The van der Waals surface area contributed by atoms with Crippen molar-refractivity contribution in [1.29, 1.82) is 0 Å². The monoisotopic (exact) mass is 245 g/mol. The second kappa shape index (κ2) is 4.56. The molecule has 18 heavy (non-hydrogen) atoms. The highest BCUT2D eigenvalue weighted by atomic mass is 16.1. The smallest absolute Gasteiger partial charge is 0.224 e. The van der Waals surface area contributed by atoms with E-state index < -0.39 is 0 Å². The molecule has 0 bridgehead atoms. The van der Waals surface area contributed by atoms with E-state index in [9.17, 15) is 9.59 Å². The molecular formula is C15H19NO2. The molecule has 3 heteroatoms. The first-order valence-electron chi connectivity index (χ1n) is 6.41. The largest absolute Gasteiger partial charge is 0.326 e. The molecule has 0 aliphatic carbocycles. The Balaban J connectivity index is 2.32. The Labute approximate surface area is 108 Å². The number of aryl methyl sites for hydroxylation is 1. The van der Waals surface area contributed by atoms with Crippen LogP contribution in [0.15, 0.2) is 18.2 Å². The summed E-state index contributed by atoms with van der Waals surface area (Å²) in [7, 11) is 0. The van der Waals surface area contributed by atoms with E-state index in [0.717, 1.165) is 29.7 Å². The average molecular weight is 245 g/mol. The molecule has 0 saturated heterocycles. The van der Waals surface area contributed by atoms with Crippen LogP contribution in [-0.4, -0.2) is 11.7 Å².